The normalized spacial score (nSPS) is 21.2. The van der Waals surface area contributed by atoms with Crippen molar-refractivity contribution in [1.29, 1.82) is 0 Å². The van der Waals surface area contributed by atoms with Gasteiger partial charge in [0, 0.05) is 31.0 Å². The highest BCUT2D eigenvalue weighted by Gasteiger charge is 2.39. The number of thiophene rings is 1. The molecule has 2 aromatic rings. The van der Waals surface area contributed by atoms with Crippen LogP contribution in [-0.2, 0) is 21.0 Å². The molecule has 174 valence electrons. The molecule has 1 unspecified atom stereocenters. The maximum absolute atomic E-state index is 13.4. The van der Waals surface area contributed by atoms with Gasteiger partial charge in [0.05, 0.1) is 11.4 Å². The molecule has 5 rings (SSSR count). The van der Waals surface area contributed by atoms with Crippen LogP contribution in [0.15, 0.2) is 40.6 Å². The number of fused-ring (bicyclic) bond motifs is 1. The minimum Gasteiger partial charge on any atom is -0.439 e. The lowest BCUT2D eigenvalue weighted by molar-refractivity contribution is 0.0662. The van der Waals surface area contributed by atoms with Crippen LogP contribution < -0.4 is 0 Å². The Kier molecular flexibility index (Phi) is 5.78. The molecule has 33 heavy (non-hydrogen) atoms. The second-order valence-electron chi connectivity index (χ2n) is 8.78. The van der Waals surface area contributed by atoms with Crippen molar-refractivity contribution >= 4 is 39.3 Å². The van der Waals surface area contributed by atoms with Crippen LogP contribution in [0.3, 0.4) is 0 Å². The van der Waals surface area contributed by atoms with E-state index in [0.717, 1.165) is 28.9 Å². The zero-order chi connectivity index (χ0) is 23.2. The molecule has 0 spiro atoms. The molecule has 2 aliphatic heterocycles. The summed E-state index contributed by atoms with van der Waals surface area (Å²) in [4.78, 5) is 30.0. The van der Waals surface area contributed by atoms with Crippen LogP contribution in [0, 0.1) is 0 Å². The van der Waals surface area contributed by atoms with Crippen molar-refractivity contribution in [2.75, 3.05) is 25.9 Å². The molecule has 0 saturated carbocycles. The molecular formula is C24H26N2O5S2. The van der Waals surface area contributed by atoms with Crippen molar-refractivity contribution in [3.8, 4) is 0 Å². The zero-order valence-electron chi connectivity index (χ0n) is 18.4. The summed E-state index contributed by atoms with van der Waals surface area (Å²) in [5, 5.41) is 0. The van der Waals surface area contributed by atoms with E-state index < -0.39 is 9.84 Å². The number of allylic oxidation sites excluding steroid dienone is 1. The highest BCUT2D eigenvalue weighted by molar-refractivity contribution is 7.92. The van der Waals surface area contributed by atoms with Gasteiger partial charge in [-0.25, -0.2) is 13.2 Å². The molecule has 1 aliphatic carbocycles. The largest absolute Gasteiger partial charge is 0.439 e. The molecule has 2 saturated heterocycles. The Morgan fingerprint density at radius 1 is 1.15 bits per heavy atom. The molecule has 0 bridgehead atoms. The molecule has 1 aromatic heterocycles. The summed E-state index contributed by atoms with van der Waals surface area (Å²) in [7, 11) is -3.40. The monoisotopic (exact) mass is 486 g/mol. The lowest BCUT2D eigenvalue weighted by Gasteiger charge is -2.35. The molecule has 0 N–H and O–H groups in total. The Bertz CT molecular complexity index is 1210. The highest BCUT2D eigenvalue weighted by Crippen LogP contribution is 2.38. The number of likely N-dealkylation sites (tertiary alicyclic amines) is 1. The van der Waals surface area contributed by atoms with Crippen molar-refractivity contribution in [2.45, 2.75) is 42.0 Å². The van der Waals surface area contributed by atoms with Gasteiger partial charge in [0.25, 0.3) is 5.91 Å². The molecule has 1 aromatic carbocycles. The highest BCUT2D eigenvalue weighted by atomic mass is 32.2. The standard InChI is InChI=1S/C24H26N2O5S2/c1-33(29,30)23-19-10-6-5-9-18(19)21(32-23)22(27)25-13-11-17(12-14-25)26-15-20(31-24(26)28)16-7-3-2-4-8-16/h2-4,6-8,10,17,20H,5,9,11-15H2,1H3. The Morgan fingerprint density at radius 3 is 2.58 bits per heavy atom. The minimum absolute atomic E-state index is 0.0297. The lowest BCUT2D eigenvalue weighted by Crippen LogP contribution is -2.47. The van der Waals surface area contributed by atoms with Gasteiger partial charge in [0.2, 0.25) is 0 Å². The van der Waals surface area contributed by atoms with Crippen LogP contribution in [0.5, 0.6) is 0 Å². The van der Waals surface area contributed by atoms with Gasteiger partial charge in [0.15, 0.2) is 9.84 Å². The molecule has 3 heterocycles. The number of hydrogen-bond donors (Lipinski definition) is 0. The summed E-state index contributed by atoms with van der Waals surface area (Å²) in [5.74, 6) is -0.105. The molecular weight excluding hydrogens is 460 g/mol. The van der Waals surface area contributed by atoms with Crippen LogP contribution in [0.1, 0.15) is 51.7 Å². The fourth-order valence-corrected chi connectivity index (χ4v) is 7.38. The third-order valence-electron chi connectivity index (χ3n) is 6.59. The van der Waals surface area contributed by atoms with Crippen molar-refractivity contribution in [2.24, 2.45) is 0 Å². The van der Waals surface area contributed by atoms with Gasteiger partial charge in [0.1, 0.15) is 10.3 Å². The molecule has 2 amide bonds. The number of sulfone groups is 1. The van der Waals surface area contributed by atoms with Gasteiger partial charge in [-0.15, -0.1) is 11.3 Å². The first-order valence-corrected chi connectivity index (χ1v) is 13.9. The van der Waals surface area contributed by atoms with E-state index in [9.17, 15) is 18.0 Å². The van der Waals surface area contributed by atoms with Gasteiger partial charge >= 0.3 is 6.09 Å². The minimum atomic E-state index is -3.40. The van der Waals surface area contributed by atoms with E-state index in [2.05, 4.69) is 0 Å². The smallest absolute Gasteiger partial charge is 0.410 e. The first kappa shape index (κ1) is 22.2. The maximum Gasteiger partial charge on any atom is 0.410 e. The van der Waals surface area contributed by atoms with E-state index in [0.29, 0.717) is 49.3 Å². The van der Waals surface area contributed by atoms with Gasteiger partial charge in [-0.1, -0.05) is 42.5 Å². The van der Waals surface area contributed by atoms with Crippen LogP contribution in [-0.4, -0.2) is 62.1 Å². The summed E-state index contributed by atoms with van der Waals surface area (Å²) in [6.07, 6.45) is 7.25. The fourth-order valence-electron chi connectivity index (χ4n) is 4.89. The first-order valence-electron chi connectivity index (χ1n) is 11.2. The van der Waals surface area contributed by atoms with E-state index in [1.54, 1.807) is 9.80 Å². The van der Waals surface area contributed by atoms with E-state index in [4.69, 9.17) is 4.74 Å². The predicted molar refractivity (Wildman–Crippen MR) is 126 cm³/mol. The van der Waals surface area contributed by atoms with E-state index in [-0.39, 0.29) is 28.4 Å². The molecule has 3 aliphatic rings. The number of piperidine rings is 1. The second kappa shape index (κ2) is 8.61. The number of carbonyl (C=O) groups excluding carboxylic acids is 2. The first-order chi connectivity index (χ1) is 15.8. The molecule has 0 radical (unpaired) electrons. The number of cyclic esters (lactones) is 1. The third-order valence-corrected chi connectivity index (χ3v) is 9.68. The number of rotatable bonds is 4. The second-order valence-corrected chi connectivity index (χ2v) is 12.0. The van der Waals surface area contributed by atoms with Gasteiger partial charge in [-0.05, 0) is 36.8 Å². The molecule has 2 fully saturated rings. The summed E-state index contributed by atoms with van der Waals surface area (Å²) < 4.78 is 30.4. The summed E-state index contributed by atoms with van der Waals surface area (Å²) >= 11 is 1.09. The van der Waals surface area contributed by atoms with Crippen LogP contribution in [0.2, 0.25) is 0 Å². The molecule has 7 nitrogen and oxygen atoms in total. The van der Waals surface area contributed by atoms with Crippen LogP contribution in [0.25, 0.3) is 6.08 Å². The van der Waals surface area contributed by atoms with E-state index in [1.165, 1.54) is 6.26 Å². The Balaban J connectivity index is 1.28. The van der Waals surface area contributed by atoms with Gasteiger partial charge < -0.3 is 14.5 Å². The third kappa shape index (κ3) is 4.19. The number of benzene rings is 1. The van der Waals surface area contributed by atoms with Crippen molar-refractivity contribution in [3.05, 3.63) is 58.0 Å². The summed E-state index contributed by atoms with van der Waals surface area (Å²) in [5.41, 5.74) is 2.52. The number of amides is 2. The van der Waals surface area contributed by atoms with Crippen molar-refractivity contribution in [3.63, 3.8) is 0 Å². The molecule has 1 atom stereocenters. The number of nitrogens with zero attached hydrogens (tertiary/aromatic N) is 2. The predicted octanol–water partition coefficient (Wildman–Crippen LogP) is 3.91. The Morgan fingerprint density at radius 2 is 1.88 bits per heavy atom. The van der Waals surface area contributed by atoms with Crippen LogP contribution >= 0.6 is 11.3 Å². The average Bonchev–Trinajstić information content (AvgIpc) is 3.40. The SMILES string of the molecule is CS(=O)(=O)c1sc(C(=O)N2CCC(N3CC(c4ccccc4)OC3=O)CC2)c2c1C=CCC2. The summed E-state index contributed by atoms with van der Waals surface area (Å²) in [6, 6.07) is 9.76. The van der Waals surface area contributed by atoms with E-state index in [1.807, 2.05) is 42.5 Å². The van der Waals surface area contributed by atoms with Crippen molar-refractivity contribution in [1.82, 2.24) is 9.80 Å². The maximum atomic E-state index is 13.4. The zero-order valence-corrected chi connectivity index (χ0v) is 20.0. The average molecular weight is 487 g/mol. The Labute approximate surface area is 197 Å². The van der Waals surface area contributed by atoms with Crippen molar-refractivity contribution < 1.29 is 22.7 Å². The van der Waals surface area contributed by atoms with Gasteiger partial charge in [-0.3, -0.25) is 4.79 Å². The number of ether oxygens (including phenoxy) is 1. The quantitative estimate of drug-likeness (QED) is 0.654. The van der Waals surface area contributed by atoms with E-state index >= 15 is 0 Å². The molecule has 9 heteroatoms. The summed E-state index contributed by atoms with van der Waals surface area (Å²) in [6.45, 7) is 1.57. The number of carbonyl (C=O) groups is 2. The fraction of sp³-hybridized carbons (Fsp3) is 0.417. The lowest BCUT2D eigenvalue weighted by atomic mass is 9.98. The Hall–Kier alpha value is -2.65. The van der Waals surface area contributed by atoms with Crippen LogP contribution in [0.4, 0.5) is 4.79 Å². The number of hydrogen-bond acceptors (Lipinski definition) is 6. The topological polar surface area (TPSA) is 84.0 Å². The van der Waals surface area contributed by atoms with Gasteiger partial charge in [-0.2, -0.15) is 0 Å².